The zero-order chi connectivity index (χ0) is 12.1. The van der Waals surface area contributed by atoms with Crippen molar-refractivity contribution in [2.24, 2.45) is 0 Å². The highest BCUT2D eigenvalue weighted by molar-refractivity contribution is 5.31. The van der Waals surface area contributed by atoms with Crippen molar-refractivity contribution in [1.82, 2.24) is 10.3 Å². The van der Waals surface area contributed by atoms with E-state index in [1.807, 2.05) is 50.4 Å². The molecule has 17 heavy (non-hydrogen) atoms. The van der Waals surface area contributed by atoms with Gasteiger partial charge in [-0.1, -0.05) is 12.1 Å². The van der Waals surface area contributed by atoms with Gasteiger partial charge in [0.05, 0.1) is 0 Å². The number of aromatic nitrogens is 1. The first-order chi connectivity index (χ1) is 8.28. The molecule has 1 aromatic heterocycles. The van der Waals surface area contributed by atoms with Crippen molar-refractivity contribution in [3.05, 3.63) is 53.7 Å². The van der Waals surface area contributed by atoms with Crippen molar-refractivity contribution in [3.63, 3.8) is 0 Å². The lowest BCUT2D eigenvalue weighted by Crippen LogP contribution is -2.05. The van der Waals surface area contributed by atoms with Gasteiger partial charge in [0.25, 0.3) is 0 Å². The molecule has 2 rings (SSSR count). The highest BCUT2D eigenvalue weighted by atomic mass is 16.5. The van der Waals surface area contributed by atoms with Crippen molar-refractivity contribution in [1.29, 1.82) is 0 Å². The maximum absolute atomic E-state index is 5.71. The molecule has 2 aromatic rings. The van der Waals surface area contributed by atoms with E-state index in [1.54, 1.807) is 6.20 Å². The summed E-state index contributed by atoms with van der Waals surface area (Å²) in [6, 6.07) is 11.9. The van der Waals surface area contributed by atoms with Gasteiger partial charge >= 0.3 is 0 Å². The van der Waals surface area contributed by atoms with Crippen LogP contribution in [-0.2, 0) is 6.54 Å². The molecule has 1 aromatic carbocycles. The van der Waals surface area contributed by atoms with Gasteiger partial charge in [0.15, 0.2) is 0 Å². The number of hydrogen-bond acceptors (Lipinski definition) is 3. The Morgan fingerprint density at radius 1 is 1.24 bits per heavy atom. The first kappa shape index (κ1) is 11.6. The molecule has 0 saturated carbocycles. The van der Waals surface area contributed by atoms with Gasteiger partial charge < -0.3 is 10.1 Å². The quantitative estimate of drug-likeness (QED) is 0.873. The molecule has 0 saturated heterocycles. The number of ether oxygens (including phenoxy) is 1. The number of hydrogen-bond donors (Lipinski definition) is 1. The maximum Gasteiger partial charge on any atom is 0.219 e. The molecule has 0 bridgehead atoms. The van der Waals surface area contributed by atoms with E-state index in [4.69, 9.17) is 4.74 Å². The standard InChI is InChI=1S/C14H16N2O/c1-11-4-3-5-13(8-11)17-14-9-12(10-15-2)6-7-16-14/h3-9,15H,10H2,1-2H3. The molecule has 0 amide bonds. The fourth-order valence-corrected chi connectivity index (χ4v) is 1.62. The molecular formula is C14H16N2O. The summed E-state index contributed by atoms with van der Waals surface area (Å²) < 4.78 is 5.71. The van der Waals surface area contributed by atoms with E-state index >= 15 is 0 Å². The first-order valence-electron chi connectivity index (χ1n) is 5.62. The van der Waals surface area contributed by atoms with Crippen LogP contribution in [0.5, 0.6) is 11.6 Å². The minimum absolute atomic E-state index is 0.628. The van der Waals surface area contributed by atoms with Crippen LogP contribution in [0.25, 0.3) is 0 Å². The Labute approximate surface area is 101 Å². The summed E-state index contributed by atoms with van der Waals surface area (Å²) in [7, 11) is 1.92. The molecule has 1 N–H and O–H groups in total. The van der Waals surface area contributed by atoms with Gasteiger partial charge in [0, 0.05) is 18.8 Å². The molecule has 0 aliphatic heterocycles. The van der Waals surface area contributed by atoms with Gasteiger partial charge in [0.2, 0.25) is 5.88 Å². The largest absolute Gasteiger partial charge is 0.439 e. The Morgan fingerprint density at radius 2 is 2.12 bits per heavy atom. The normalized spacial score (nSPS) is 10.2. The molecule has 0 spiro atoms. The minimum Gasteiger partial charge on any atom is -0.439 e. The molecule has 3 nitrogen and oxygen atoms in total. The molecule has 0 unspecified atom stereocenters. The summed E-state index contributed by atoms with van der Waals surface area (Å²) in [5, 5.41) is 3.10. The van der Waals surface area contributed by atoms with Crippen molar-refractivity contribution in [3.8, 4) is 11.6 Å². The van der Waals surface area contributed by atoms with E-state index in [9.17, 15) is 0 Å². The lowest BCUT2D eigenvalue weighted by Gasteiger charge is -2.06. The molecule has 0 radical (unpaired) electrons. The fourth-order valence-electron chi connectivity index (χ4n) is 1.62. The lowest BCUT2D eigenvalue weighted by molar-refractivity contribution is 0.461. The van der Waals surface area contributed by atoms with Gasteiger partial charge in [-0.05, 0) is 43.3 Å². The van der Waals surface area contributed by atoms with Gasteiger partial charge in [-0.3, -0.25) is 0 Å². The molecule has 3 heteroatoms. The van der Waals surface area contributed by atoms with E-state index in [0.29, 0.717) is 5.88 Å². The van der Waals surface area contributed by atoms with Crippen LogP contribution >= 0.6 is 0 Å². The highest BCUT2D eigenvalue weighted by Gasteiger charge is 2.00. The Hall–Kier alpha value is -1.87. The molecule has 1 heterocycles. The number of benzene rings is 1. The molecule has 0 aliphatic carbocycles. The summed E-state index contributed by atoms with van der Waals surface area (Å²) in [6.45, 7) is 2.85. The zero-order valence-electron chi connectivity index (χ0n) is 10.1. The van der Waals surface area contributed by atoms with E-state index < -0.39 is 0 Å². The molecule has 0 atom stereocenters. The third-order valence-electron chi connectivity index (χ3n) is 2.39. The minimum atomic E-state index is 0.628. The molecular weight excluding hydrogens is 212 g/mol. The van der Waals surface area contributed by atoms with Crippen molar-refractivity contribution in [2.45, 2.75) is 13.5 Å². The number of rotatable bonds is 4. The Balaban J connectivity index is 2.15. The van der Waals surface area contributed by atoms with Crippen LogP contribution < -0.4 is 10.1 Å². The number of nitrogens with one attached hydrogen (secondary N) is 1. The second-order valence-corrected chi connectivity index (χ2v) is 3.95. The maximum atomic E-state index is 5.71. The monoisotopic (exact) mass is 228 g/mol. The van der Waals surface area contributed by atoms with Gasteiger partial charge in [-0.25, -0.2) is 4.98 Å². The predicted molar refractivity (Wildman–Crippen MR) is 68.3 cm³/mol. The van der Waals surface area contributed by atoms with E-state index in [1.165, 1.54) is 5.56 Å². The van der Waals surface area contributed by atoms with Crippen LogP contribution in [0.15, 0.2) is 42.6 Å². The van der Waals surface area contributed by atoms with Gasteiger partial charge in [-0.2, -0.15) is 0 Å². The predicted octanol–water partition coefficient (Wildman–Crippen LogP) is 2.90. The van der Waals surface area contributed by atoms with Crippen LogP contribution in [0.2, 0.25) is 0 Å². The molecule has 88 valence electrons. The average Bonchev–Trinajstić information content (AvgIpc) is 2.30. The summed E-state index contributed by atoms with van der Waals surface area (Å²) >= 11 is 0. The zero-order valence-corrected chi connectivity index (χ0v) is 10.1. The van der Waals surface area contributed by atoms with E-state index in [2.05, 4.69) is 10.3 Å². The van der Waals surface area contributed by atoms with Crippen LogP contribution in [0.4, 0.5) is 0 Å². The SMILES string of the molecule is CNCc1ccnc(Oc2cccc(C)c2)c1. The number of aryl methyl sites for hydroxylation is 1. The summed E-state index contributed by atoms with van der Waals surface area (Å²) in [5.74, 6) is 1.45. The van der Waals surface area contributed by atoms with E-state index in [0.717, 1.165) is 17.9 Å². The summed E-state index contributed by atoms with van der Waals surface area (Å²) in [5.41, 5.74) is 2.33. The molecule has 0 aliphatic rings. The molecule has 0 fully saturated rings. The lowest BCUT2D eigenvalue weighted by atomic mass is 10.2. The first-order valence-corrected chi connectivity index (χ1v) is 5.62. The van der Waals surface area contributed by atoms with Crippen LogP contribution in [0.1, 0.15) is 11.1 Å². The fraction of sp³-hybridized carbons (Fsp3) is 0.214. The Kier molecular flexibility index (Phi) is 3.73. The van der Waals surface area contributed by atoms with Crippen LogP contribution in [0.3, 0.4) is 0 Å². The van der Waals surface area contributed by atoms with Crippen LogP contribution in [0, 0.1) is 6.92 Å². The van der Waals surface area contributed by atoms with Crippen molar-refractivity contribution >= 4 is 0 Å². The van der Waals surface area contributed by atoms with Gasteiger partial charge in [0.1, 0.15) is 5.75 Å². The van der Waals surface area contributed by atoms with E-state index in [-0.39, 0.29) is 0 Å². The third-order valence-corrected chi connectivity index (χ3v) is 2.39. The second kappa shape index (κ2) is 5.46. The van der Waals surface area contributed by atoms with Crippen LogP contribution in [-0.4, -0.2) is 12.0 Å². The van der Waals surface area contributed by atoms with Gasteiger partial charge in [-0.15, -0.1) is 0 Å². The number of pyridine rings is 1. The number of nitrogens with zero attached hydrogens (tertiary/aromatic N) is 1. The smallest absolute Gasteiger partial charge is 0.219 e. The Morgan fingerprint density at radius 3 is 2.88 bits per heavy atom. The topological polar surface area (TPSA) is 34.2 Å². The van der Waals surface area contributed by atoms with Crippen molar-refractivity contribution < 1.29 is 4.74 Å². The second-order valence-electron chi connectivity index (χ2n) is 3.95. The summed E-state index contributed by atoms with van der Waals surface area (Å²) in [4.78, 5) is 4.20. The Bertz CT molecular complexity index is 497. The third kappa shape index (κ3) is 3.29. The average molecular weight is 228 g/mol. The van der Waals surface area contributed by atoms with Crippen molar-refractivity contribution in [2.75, 3.05) is 7.05 Å². The summed E-state index contributed by atoms with van der Waals surface area (Å²) in [6.07, 6.45) is 1.76. The highest BCUT2D eigenvalue weighted by Crippen LogP contribution is 2.20.